The Balaban J connectivity index is 2.57. The summed E-state index contributed by atoms with van der Waals surface area (Å²) in [5.41, 5.74) is 1.18. The van der Waals surface area contributed by atoms with E-state index in [2.05, 4.69) is 14.8 Å². The van der Waals surface area contributed by atoms with Crippen molar-refractivity contribution in [1.82, 2.24) is 19.4 Å². The first-order valence-corrected chi connectivity index (χ1v) is 4.11. The van der Waals surface area contributed by atoms with Crippen molar-refractivity contribution < 1.29 is 9.53 Å². The molecule has 0 fully saturated rings. The van der Waals surface area contributed by atoms with Crippen LogP contribution in [-0.4, -0.2) is 32.5 Å². The van der Waals surface area contributed by atoms with Crippen LogP contribution >= 0.6 is 0 Å². The maximum atomic E-state index is 11.2. The Hall–Kier alpha value is -1.85. The summed E-state index contributed by atoms with van der Waals surface area (Å²) in [6.07, 6.45) is 0. The van der Waals surface area contributed by atoms with Gasteiger partial charge in [0.1, 0.15) is 0 Å². The van der Waals surface area contributed by atoms with Crippen molar-refractivity contribution in [2.24, 2.45) is 7.05 Å². The summed E-state index contributed by atoms with van der Waals surface area (Å²) in [6.45, 7) is 1.88. The summed E-state index contributed by atoms with van der Waals surface area (Å²) in [5.74, 6) is 0.0779. The van der Waals surface area contributed by atoms with Crippen LogP contribution in [0.4, 0.5) is 0 Å². The van der Waals surface area contributed by atoms with Crippen LogP contribution in [0.3, 0.4) is 0 Å². The summed E-state index contributed by atoms with van der Waals surface area (Å²) in [7, 11) is 3.13. The second kappa shape index (κ2) is 2.83. The number of carbonyl (C=O) groups is 1. The van der Waals surface area contributed by atoms with Crippen LogP contribution < -0.4 is 0 Å². The van der Waals surface area contributed by atoms with Crippen molar-refractivity contribution in [2.45, 2.75) is 6.92 Å². The number of methoxy groups -OCH3 is 1. The zero-order valence-electron chi connectivity index (χ0n) is 8.18. The highest BCUT2D eigenvalue weighted by atomic mass is 16.5. The third kappa shape index (κ3) is 1.07. The van der Waals surface area contributed by atoms with Gasteiger partial charge in [-0.3, -0.25) is 0 Å². The molecule has 0 aromatic carbocycles. The topological polar surface area (TPSA) is 61.4 Å². The fraction of sp³-hybridized carbons (Fsp3) is 0.375. The first-order valence-electron chi connectivity index (χ1n) is 4.11. The number of fused-ring (bicyclic) bond motifs is 1. The highest BCUT2D eigenvalue weighted by Crippen LogP contribution is 2.07. The van der Waals surface area contributed by atoms with Crippen molar-refractivity contribution in [3.63, 3.8) is 0 Å². The molecule has 2 aromatic heterocycles. The van der Waals surface area contributed by atoms with Crippen molar-refractivity contribution in [3.8, 4) is 0 Å². The van der Waals surface area contributed by atoms with E-state index >= 15 is 0 Å². The van der Waals surface area contributed by atoms with E-state index < -0.39 is 5.97 Å². The Bertz CT molecular complexity index is 497. The van der Waals surface area contributed by atoms with Crippen LogP contribution in [0.1, 0.15) is 16.2 Å². The van der Waals surface area contributed by atoms with E-state index in [9.17, 15) is 4.79 Å². The molecule has 0 atom stereocenters. The van der Waals surface area contributed by atoms with Crippen LogP contribution in [-0.2, 0) is 11.8 Å². The van der Waals surface area contributed by atoms with Gasteiger partial charge in [0.05, 0.1) is 7.11 Å². The van der Waals surface area contributed by atoms with Gasteiger partial charge in [0.2, 0.25) is 0 Å². The standard InChI is InChI=1S/C8H10N4O2/c1-5-4-6(7(13)14-3)9-8-10-11(2)12(5)8/h4H,1-3H3. The Morgan fingerprint density at radius 1 is 1.57 bits per heavy atom. The van der Waals surface area contributed by atoms with E-state index in [4.69, 9.17) is 0 Å². The van der Waals surface area contributed by atoms with Gasteiger partial charge in [-0.15, -0.1) is 5.10 Å². The summed E-state index contributed by atoms with van der Waals surface area (Å²) in [6, 6.07) is 1.67. The molecule has 74 valence electrons. The molecule has 0 aliphatic rings. The molecule has 0 amide bonds. The lowest BCUT2D eigenvalue weighted by Crippen LogP contribution is -2.22. The lowest BCUT2D eigenvalue weighted by Gasteiger charge is -2.14. The molecule has 0 bridgehead atoms. The predicted octanol–water partition coefficient (Wildman–Crippen LogP) is 0.163. The van der Waals surface area contributed by atoms with Crippen LogP contribution in [0.5, 0.6) is 0 Å². The summed E-state index contributed by atoms with van der Waals surface area (Å²) >= 11 is 0. The maximum absolute atomic E-state index is 11.2. The average molecular weight is 194 g/mol. The Labute approximate surface area is 80.1 Å². The van der Waals surface area contributed by atoms with E-state index in [-0.39, 0.29) is 5.69 Å². The summed E-state index contributed by atoms with van der Waals surface area (Å²) in [4.78, 5) is 16.9. The number of carbonyl (C=O) groups excluding carboxylic acids is 1. The van der Waals surface area contributed by atoms with E-state index in [1.807, 2.05) is 6.92 Å². The maximum Gasteiger partial charge on any atom is 0.356 e. The lowest BCUT2D eigenvalue weighted by atomic mass is 10.3. The molecule has 6 nitrogen and oxygen atoms in total. The SMILES string of the molecule is COC(=O)c1cc(C)n2c(n1)nn2C. The number of hydrogen-bond donors (Lipinski definition) is 0. The third-order valence-corrected chi connectivity index (χ3v) is 2.01. The van der Waals surface area contributed by atoms with Gasteiger partial charge >= 0.3 is 5.97 Å². The predicted molar refractivity (Wildman–Crippen MR) is 48.0 cm³/mol. The molecule has 2 aromatic rings. The molecule has 2 heterocycles. The summed E-state index contributed by atoms with van der Waals surface area (Å²) in [5, 5.41) is 4.00. The van der Waals surface area contributed by atoms with Crippen molar-refractivity contribution in [2.75, 3.05) is 7.11 Å². The molecule has 14 heavy (non-hydrogen) atoms. The van der Waals surface area contributed by atoms with E-state index in [1.54, 1.807) is 22.4 Å². The van der Waals surface area contributed by atoms with Crippen LogP contribution in [0.15, 0.2) is 6.07 Å². The third-order valence-electron chi connectivity index (χ3n) is 2.01. The lowest BCUT2D eigenvalue weighted by molar-refractivity contribution is 0.0593. The fourth-order valence-corrected chi connectivity index (χ4v) is 1.37. The highest BCUT2D eigenvalue weighted by Gasteiger charge is 2.13. The number of aryl methyl sites for hydroxylation is 2. The van der Waals surface area contributed by atoms with Gasteiger partial charge in [0, 0.05) is 12.7 Å². The number of nitrogens with zero attached hydrogens (tertiary/aromatic N) is 4. The molecular weight excluding hydrogens is 184 g/mol. The smallest absolute Gasteiger partial charge is 0.356 e. The van der Waals surface area contributed by atoms with Gasteiger partial charge in [0.25, 0.3) is 5.78 Å². The minimum absolute atomic E-state index is 0.285. The van der Waals surface area contributed by atoms with Gasteiger partial charge < -0.3 is 4.74 Å². The van der Waals surface area contributed by atoms with Crippen LogP contribution in [0.25, 0.3) is 5.78 Å². The second-order valence-electron chi connectivity index (χ2n) is 2.98. The minimum Gasteiger partial charge on any atom is -0.464 e. The van der Waals surface area contributed by atoms with Crippen molar-refractivity contribution in [3.05, 3.63) is 17.5 Å². The number of esters is 1. The van der Waals surface area contributed by atoms with Crippen LogP contribution in [0, 0.1) is 6.92 Å². The Morgan fingerprint density at radius 2 is 2.29 bits per heavy atom. The molecule has 0 spiro atoms. The van der Waals surface area contributed by atoms with Gasteiger partial charge in [-0.25, -0.2) is 14.3 Å². The van der Waals surface area contributed by atoms with Gasteiger partial charge in [-0.2, -0.15) is 4.80 Å². The average Bonchev–Trinajstić information content (AvgIpc) is 2.13. The van der Waals surface area contributed by atoms with E-state index in [0.717, 1.165) is 5.69 Å². The van der Waals surface area contributed by atoms with Crippen molar-refractivity contribution in [1.29, 1.82) is 0 Å². The van der Waals surface area contributed by atoms with Gasteiger partial charge in [-0.1, -0.05) is 0 Å². The first kappa shape index (κ1) is 8.74. The molecule has 0 aliphatic carbocycles. The Kier molecular flexibility index (Phi) is 1.77. The largest absolute Gasteiger partial charge is 0.464 e. The molecule has 0 radical (unpaired) electrons. The minimum atomic E-state index is -0.443. The molecule has 2 rings (SSSR count). The quantitative estimate of drug-likeness (QED) is 0.607. The Morgan fingerprint density at radius 3 is 2.79 bits per heavy atom. The molecule has 0 N–H and O–H groups in total. The van der Waals surface area contributed by atoms with E-state index in [1.165, 1.54) is 7.11 Å². The van der Waals surface area contributed by atoms with Gasteiger partial charge in [0.15, 0.2) is 5.69 Å². The molecule has 0 saturated carbocycles. The monoisotopic (exact) mass is 194 g/mol. The van der Waals surface area contributed by atoms with Crippen molar-refractivity contribution >= 4 is 11.7 Å². The number of aromatic nitrogens is 4. The molecule has 0 aliphatic heterocycles. The number of ether oxygens (including phenoxy) is 1. The molecule has 0 saturated heterocycles. The van der Waals surface area contributed by atoms with Crippen LogP contribution in [0.2, 0.25) is 0 Å². The molecule has 6 heteroatoms. The van der Waals surface area contributed by atoms with E-state index in [0.29, 0.717) is 5.78 Å². The second-order valence-corrected chi connectivity index (χ2v) is 2.98. The number of hydrogen-bond acceptors (Lipinski definition) is 4. The molecule has 0 unspecified atom stereocenters. The first-order chi connectivity index (χ1) is 6.63. The van der Waals surface area contributed by atoms with Gasteiger partial charge in [-0.05, 0) is 13.0 Å². The zero-order chi connectivity index (χ0) is 10.3. The fourth-order valence-electron chi connectivity index (χ4n) is 1.37. The number of rotatable bonds is 1. The normalized spacial score (nSPS) is 10.8. The zero-order valence-corrected chi connectivity index (χ0v) is 8.18. The highest BCUT2D eigenvalue weighted by molar-refractivity contribution is 5.87. The summed E-state index contributed by atoms with van der Waals surface area (Å²) < 4.78 is 6.37. The molecular formula is C8H10N4O2.